The van der Waals surface area contributed by atoms with E-state index in [0.29, 0.717) is 19.8 Å². The van der Waals surface area contributed by atoms with E-state index in [9.17, 15) is 5.11 Å². The first-order valence-electron chi connectivity index (χ1n) is 7.15. The summed E-state index contributed by atoms with van der Waals surface area (Å²) in [6, 6.07) is 10.1. The monoisotopic (exact) mass is 306 g/mol. The number of thiazole rings is 1. The first-order valence-corrected chi connectivity index (χ1v) is 8.03. The fourth-order valence-corrected chi connectivity index (χ4v) is 2.75. The number of aliphatic hydroxyl groups excluding tert-OH is 1. The summed E-state index contributed by atoms with van der Waals surface area (Å²) in [6.45, 7) is 4.29. The van der Waals surface area contributed by atoms with Crippen molar-refractivity contribution in [2.45, 2.75) is 26.0 Å². The zero-order valence-corrected chi connectivity index (χ0v) is 13.1. The van der Waals surface area contributed by atoms with Crippen LogP contribution in [-0.2, 0) is 17.7 Å². The standard InChI is InChI=1S/C16H22N2O2S/c1-13-16(21-12-18-13)7-8-20-11-15(19)10-17-9-14-5-3-2-4-6-14/h2-6,12,15,17,19H,7-11H2,1H3. The molecule has 0 amide bonds. The molecular formula is C16H22N2O2S. The molecule has 2 N–H and O–H groups in total. The van der Waals surface area contributed by atoms with Crippen LogP contribution < -0.4 is 5.32 Å². The highest BCUT2D eigenvalue weighted by Crippen LogP contribution is 2.12. The molecule has 4 nitrogen and oxygen atoms in total. The summed E-state index contributed by atoms with van der Waals surface area (Å²) in [7, 11) is 0. The van der Waals surface area contributed by atoms with Gasteiger partial charge in [0.05, 0.1) is 30.5 Å². The van der Waals surface area contributed by atoms with Crippen molar-refractivity contribution in [2.24, 2.45) is 0 Å². The third kappa shape index (κ3) is 5.93. The molecular weight excluding hydrogens is 284 g/mol. The molecule has 0 aliphatic heterocycles. The highest BCUT2D eigenvalue weighted by Gasteiger charge is 2.05. The predicted molar refractivity (Wildman–Crippen MR) is 85.5 cm³/mol. The maximum Gasteiger partial charge on any atom is 0.0897 e. The number of rotatable bonds is 9. The van der Waals surface area contributed by atoms with Crippen molar-refractivity contribution in [1.29, 1.82) is 0 Å². The van der Waals surface area contributed by atoms with Crippen molar-refractivity contribution in [3.05, 3.63) is 52.0 Å². The van der Waals surface area contributed by atoms with Crippen LogP contribution >= 0.6 is 11.3 Å². The number of nitrogens with one attached hydrogen (secondary N) is 1. The number of hydrogen-bond donors (Lipinski definition) is 2. The van der Waals surface area contributed by atoms with Crippen LogP contribution in [0.1, 0.15) is 16.1 Å². The van der Waals surface area contributed by atoms with Gasteiger partial charge in [0.2, 0.25) is 0 Å². The summed E-state index contributed by atoms with van der Waals surface area (Å²) in [4.78, 5) is 5.46. The molecule has 21 heavy (non-hydrogen) atoms. The van der Waals surface area contributed by atoms with E-state index in [2.05, 4.69) is 22.4 Å². The van der Waals surface area contributed by atoms with E-state index in [1.807, 2.05) is 30.6 Å². The molecule has 2 aromatic rings. The Labute approximate surface area is 129 Å². The molecule has 0 spiro atoms. The maximum atomic E-state index is 9.84. The lowest BCUT2D eigenvalue weighted by molar-refractivity contribution is 0.0383. The molecule has 1 atom stereocenters. The second-order valence-corrected chi connectivity index (χ2v) is 5.90. The van der Waals surface area contributed by atoms with Crippen molar-refractivity contribution in [3.63, 3.8) is 0 Å². The topological polar surface area (TPSA) is 54.4 Å². The van der Waals surface area contributed by atoms with Crippen molar-refractivity contribution in [3.8, 4) is 0 Å². The van der Waals surface area contributed by atoms with Crippen LogP contribution in [0.3, 0.4) is 0 Å². The van der Waals surface area contributed by atoms with Crippen molar-refractivity contribution >= 4 is 11.3 Å². The average molecular weight is 306 g/mol. The Balaban J connectivity index is 1.53. The molecule has 2 rings (SSSR count). The molecule has 5 heteroatoms. The normalized spacial score (nSPS) is 12.5. The molecule has 1 heterocycles. The molecule has 0 saturated heterocycles. The first kappa shape index (κ1) is 16.1. The zero-order chi connectivity index (χ0) is 14.9. The smallest absolute Gasteiger partial charge is 0.0897 e. The van der Waals surface area contributed by atoms with Crippen molar-refractivity contribution < 1.29 is 9.84 Å². The molecule has 1 aromatic heterocycles. The fourth-order valence-electron chi connectivity index (χ4n) is 1.99. The summed E-state index contributed by atoms with van der Waals surface area (Å²) in [5.41, 5.74) is 4.15. The van der Waals surface area contributed by atoms with E-state index in [0.717, 1.165) is 18.7 Å². The van der Waals surface area contributed by atoms with Gasteiger partial charge in [-0.2, -0.15) is 0 Å². The molecule has 0 aliphatic rings. The quantitative estimate of drug-likeness (QED) is 0.697. The Bertz CT molecular complexity index is 516. The average Bonchev–Trinajstić information content (AvgIpc) is 2.90. The SMILES string of the molecule is Cc1ncsc1CCOCC(O)CNCc1ccccc1. The van der Waals surface area contributed by atoms with E-state index >= 15 is 0 Å². The third-order valence-electron chi connectivity index (χ3n) is 3.18. The van der Waals surface area contributed by atoms with Crippen LogP contribution in [0.15, 0.2) is 35.8 Å². The molecule has 0 aliphatic carbocycles. The van der Waals surface area contributed by atoms with Gasteiger partial charge in [-0.15, -0.1) is 11.3 Å². The summed E-state index contributed by atoms with van der Waals surface area (Å²) in [6.07, 6.45) is 0.386. The number of hydrogen-bond acceptors (Lipinski definition) is 5. The summed E-state index contributed by atoms with van der Waals surface area (Å²) >= 11 is 1.65. The molecule has 1 unspecified atom stereocenters. The highest BCUT2D eigenvalue weighted by molar-refractivity contribution is 7.09. The van der Waals surface area contributed by atoms with Gasteiger partial charge >= 0.3 is 0 Å². The number of benzene rings is 1. The minimum absolute atomic E-state index is 0.361. The van der Waals surface area contributed by atoms with E-state index in [4.69, 9.17) is 4.74 Å². The van der Waals surface area contributed by atoms with Gasteiger partial charge in [-0.25, -0.2) is 4.98 Å². The predicted octanol–water partition coefficient (Wildman–Crippen LogP) is 2.16. The molecule has 0 saturated carbocycles. The second-order valence-electron chi connectivity index (χ2n) is 4.96. The number of ether oxygens (including phenoxy) is 1. The summed E-state index contributed by atoms with van der Waals surface area (Å²) in [5, 5.41) is 13.1. The van der Waals surface area contributed by atoms with Gasteiger partial charge in [0, 0.05) is 24.4 Å². The Morgan fingerprint density at radius 2 is 2.14 bits per heavy atom. The second kappa shape index (κ2) is 8.89. The third-order valence-corrected chi connectivity index (χ3v) is 4.18. The van der Waals surface area contributed by atoms with Gasteiger partial charge in [0.25, 0.3) is 0 Å². The van der Waals surface area contributed by atoms with Crippen LogP contribution in [0.4, 0.5) is 0 Å². The lowest BCUT2D eigenvalue weighted by Gasteiger charge is -2.12. The maximum absolute atomic E-state index is 9.84. The largest absolute Gasteiger partial charge is 0.389 e. The number of aromatic nitrogens is 1. The molecule has 1 aromatic carbocycles. The van der Waals surface area contributed by atoms with E-state index in [1.165, 1.54) is 10.4 Å². The minimum atomic E-state index is -0.476. The van der Waals surface area contributed by atoms with Crippen LogP contribution in [-0.4, -0.2) is 36.0 Å². The highest BCUT2D eigenvalue weighted by atomic mass is 32.1. The fraction of sp³-hybridized carbons (Fsp3) is 0.438. The molecule has 0 bridgehead atoms. The Hall–Kier alpha value is -1.27. The number of nitrogens with zero attached hydrogens (tertiary/aromatic N) is 1. The lowest BCUT2D eigenvalue weighted by Crippen LogP contribution is -2.30. The zero-order valence-electron chi connectivity index (χ0n) is 12.3. The van der Waals surface area contributed by atoms with Crippen LogP contribution in [0, 0.1) is 6.92 Å². The molecule has 0 radical (unpaired) electrons. The minimum Gasteiger partial charge on any atom is -0.389 e. The summed E-state index contributed by atoms with van der Waals surface area (Å²) < 4.78 is 5.52. The Morgan fingerprint density at radius 1 is 1.33 bits per heavy atom. The van der Waals surface area contributed by atoms with Gasteiger partial charge in [0.1, 0.15) is 0 Å². The van der Waals surface area contributed by atoms with Gasteiger partial charge in [-0.1, -0.05) is 30.3 Å². The van der Waals surface area contributed by atoms with Gasteiger partial charge in [0.15, 0.2) is 0 Å². The van der Waals surface area contributed by atoms with E-state index in [1.54, 1.807) is 11.3 Å². The van der Waals surface area contributed by atoms with Crippen molar-refractivity contribution in [2.75, 3.05) is 19.8 Å². The van der Waals surface area contributed by atoms with Crippen LogP contribution in [0.25, 0.3) is 0 Å². The van der Waals surface area contributed by atoms with E-state index in [-0.39, 0.29) is 0 Å². The lowest BCUT2D eigenvalue weighted by atomic mass is 10.2. The summed E-state index contributed by atoms with van der Waals surface area (Å²) in [5.74, 6) is 0. The number of aliphatic hydroxyl groups is 1. The number of aryl methyl sites for hydroxylation is 1. The van der Waals surface area contributed by atoms with E-state index < -0.39 is 6.10 Å². The van der Waals surface area contributed by atoms with Gasteiger partial charge < -0.3 is 15.2 Å². The van der Waals surface area contributed by atoms with Crippen LogP contribution in [0.2, 0.25) is 0 Å². The van der Waals surface area contributed by atoms with Gasteiger partial charge in [-0.3, -0.25) is 0 Å². The first-order chi connectivity index (χ1) is 10.3. The molecule has 0 fully saturated rings. The van der Waals surface area contributed by atoms with Crippen molar-refractivity contribution in [1.82, 2.24) is 10.3 Å². The molecule has 114 valence electrons. The Morgan fingerprint density at radius 3 is 2.86 bits per heavy atom. The Kier molecular flexibility index (Phi) is 6.82. The van der Waals surface area contributed by atoms with Crippen LogP contribution in [0.5, 0.6) is 0 Å². The van der Waals surface area contributed by atoms with Gasteiger partial charge in [-0.05, 0) is 12.5 Å².